The highest BCUT2D eigenvalue weighted by Gasteiger charge is 2.48. The minimum absolute atomic E-state index is 0.0296. The molecule has 0 aliphatic carbocycles. The Kier molecular flexibility index (Phi) is 7.24. The highest BCUT2D eigenvalue weighted by molar-refractivity contribution is 5.85. The third kappa shape index (κ3) is 6.07. The number of para-hydroxylation sites is 2. The van der Waals surface area contributed by atoms with Crippen LogP contribution in [-0.2, 0) is 9.59 Å². The molecule has 2 amide bonds. The van der Waals surface area contributed by atoms with Crippen LogP contribution in [0.15, 0.2) is 48.5 Å². The standard InChI is InChI=1S/C26H36N4O4/c1-25(2,3)28-20(33)15-30-22(16-11-7-9-13-18(16)31)21(24(34)29-26(4,5)6)27-23(30)17-12-8-10-14-19(17)32/h7-14,21-23,27,31-32H,15H2,1-6H3,(H,28,33)(H,29,34). The number of carbonyl (C=O) groups excluding carboxylic acids is 2. The van der Waals surface area contributed by atoms with Crippen LogP contribution in [0.2, 0.25) is 0 Å². The maximum absolute atomic E-state index is 13.4. The highest BCUT2D eigenvalue weighted by Crippen LogP contribution is 2.43. The molecule has 3 rings (SSSR count). The number of hydrogen-bond acceptors (Lipinski definition) is 6. The molecule has 5 N–H and O–H groups in total. The van der Waals surface area contributed by atoms with Gasteiger partial charge >= 0.3 is 0 Å². The second kappa shape index (κ2) is 9.64. The fraction of sp³-hybridized carbons (Fsp3) is 0.462. The van der Waals surface area contributed by atoms with Crippen molar-refractivity contribution in [3.05, 3.63) is 59.7 Å². The van der Waals surface area contributed by atoms with Crippen LogP contribution >= 0.6 is 0 Å². The molecule has 3 atom stereocenters. The first kappa shape index (κ1) is 25.5. The second-order valence-corrected chi connectivity index (χ2v) is 10.8. The number of rotatable bonds is 5. The third-order valence-electron chi connectivity index (χ3n) is 5.45. The summed E-state index contributed by atoms with van der Waals surface area (Å²) >= 11 is 0. The Morgan fingerprint density at radius 1 is 0.853 bits per heavy atom. The summed E-state index contributed by atoms with van der Waals surface area (Å²) in [5.74, 6) is -0.414. The first-order chi connectivity index (χ1) is 15.8. The van der Waals surface area contributed by atoms with E-state index < -0.39 is 29.3 Å². The first-order valence-corrected chi connectivity index (χ1v) is 11.5. The predicted octanol–water partition coefficient (Wildman–Crippen LogP) is 2.94. The van der Waals surface area contributed by atoms with E-state index in [2.05, 4.69) is 16.0 Å². The van der Waals surface area contributed by atoms with E-state index in [9.17, 15) is 19.8 Å². The molecule has 1 heterocycles. The molecule has 3 unspecified atom stereocenters. The number of aromatic hydroxyl groups is 2. The van der Waals surface area contributed by atoms with Crippen molar-refractivity contribution in [2.75, 3.05) is 6.54 Å². The van der Waals surface area contributed by atoms with Crippen molar-refractivity contribution in [3.63, 3.8) is 0 Å². The maximum atomic E-state index is 13.4. The van der Waals surface area contributed by atoms with Crippen LogP contribution in [0.25, 0.3) is 0 Å². The third-order valence-corrected chi connectivity index (χ3v) is 5.45. The number of nitrogens with one attached hydrogen (secondary N) is 3. The van der Waals surface area contributed by atoms with Crippen LogP contribution in [0.4, 0.5) is 0 Å². The zero-order valence-corrected chi connectivity index (χ0v) is 20.7. The summed E-state index contributed by atoms with van der Waals surface area (Å²) in [4.78, 5) is 28.3. The van der Waals surface area contributed by atoms with E-state index in [0.717, 1.165) is 0 Å². The van der Waals surface area contributed by atoms with Gasteiger partial charge in [-0.2, -0.15) is 0 Å². The van der Waals surface area contributed by atoms with Gasteiger partial charge in [0.15, 0.2) is 0 Å². The molecule has 1 aliphatic rings. The quantitative estimate of drug-likeness (QED) is 0.461. The van der Waals surface area contributed by atoms with Crippen LogP contribution in [0.5, 0.6) is 11.5 Å². The van der Waals surface area contributed by atoms with Gasteiger partial charge in [-0.1, -0.05) is 36.4 Å². The fourth-order valence-electron chi connectivity index (χ4n) is 4.27. The minimum atomic E-state index is -0.792. The molecule has 0 aromatic heterocycles. The Balaban J connectivity index is 2.11. The molecule has 0 spiro atoms. The normalized spacial score (nSPS) is 21.3. The Bertz CT molecular complexity index is 1040. The van der Waals surface area contributed by atoms with E-state index in [4.69, 9.17) is 0 Å². The van der Waals surface area contributed by atoms with Crippen LogP contribution in [0.1, 0.15) is 64.9 Å². The molecule has 2 aromatic rings. The number of nitrogens with zero attached hydrogens (tertiary/aromatic N) is 1. The summed E-state index contributed by atoms with van der Waals surface area (Å²) in [6.07, 6.45) is -0.646. The van der Waals surface area contributed by atoms with Gasteiger partial charge in [0.25, 0.3) is 0 Å². The number of benzene rings is 2. The average Bonchev–Trinajstić information content (AvgIpc) is 3.05. The monoisotopic (exact) mass is 468 g/mol. The van der Waals surface area contributed by atoms with Crippen molar-refractivity contribution < 1.29 is 19.8 Å². The lowest BCUT2D eigenvalue weighted by Gasteiger charge is -2.32. The van der Waals surface area contributed by atoms with E-state index in [1.54, 1.807) is 48.5 Å². The lowest BCUT2D eigenvalue weighted by atomic mass is 9.96. The molecule has 1 saturated heterocycles. The largest absolute Gasteiger partial charge is 0.508 e. The Morgan fingerprint density at radius 2 is 1.35 bits per heavy atom. The average molecular weight is 469 g/mol. The van der Waals surface area contributed by atoms with Crippen molar-refractivity contribution >= 4 is 11.8 Å². The molecular weight excluding hydrogens is 432 g/mol. The van der Waals surface area contributed by atoms with E-state index in [1.807, 2.05) is 46.4 Å². The molecule has 8 heteroatoms. The zero-order chi connectivity index (χ0) is 25.3. The molecule has 2 aromatic carbocycles. The smallest absolute Gasteiger partial charge is 0.239 e. The second-order valence-electron chi connectivity index (χ2n) is 10.8. The van der Waals surface area contributed by atoms with Crippen molar-refractivity contribution in [3.8, 4) is 11.5 Å². The van der Waals surface area contributed by atoms with Gasteiger partial charge in [-0.15, -0.1) is 0 Å². The van der Waals surface area contributed by atoms with Crippen molar-refractivity contribution in [1.29, 1.82) is 0 Å². The van der Waals surface area contributed by atoms with Crippen molar-refractivity contribution in [2.45, 2.75) is 70.9 Å². The molecule has 1 aliphatic heterocycles. The molecular formula is C26H36N4O4. The molecule has 8 nitrogen and oxygen atoms in total. The van der Waals surface area contributed by atoms with Crippen LogP contribution in [0, 0.1) is 0 Å². The zero-order valence-electron chi connectivity index (χ0n) is 20.7. The van der Waals surface area contributed by atoms with E-state index in [1.165, 1.54) is 0 Å². The SMILES string of the molecule is CC(C)(C)NC(=O)CN1C(c2ccccc2O)NC(C(=O)NC(C)(C)C)C1c1ccccc1O. The topological polar surface area (TPSA) is 114 Å². The Morgan fingerprint density at radius 3 is 1.85 bits per heavy atom. The number of phenolic OH excluding ortho intramolecular Hbond substituents is 2. The lowest BCUT2D eigenvalue weighted by molar-refractivity contribution is -0.127. The van der Waals surface area contributed by atoms with E-state index in [-0.39, 0.29) is 29.9 Å². The highest BCUT2D eigenvalue weighted by atomic mass is 16.3. The molecule has 184 valence electrons. The Labute approximate surface area is 201 Å². The van der Waals surface area contributed by atoms with Crippen LogP contribution < -0.4 is 16.0 Å². The van der Waals surface area contributed by atoms with Gasteiger partial charge in [-0.05, 0) is 53.7 Å². The van der Waals surface area contributed by atoms with E-state index in [0.29, 0.717) is 11.1 Å². The molecule has 1 fully saturated rings. The lowest BCUT2D eigenvalue weighted by Crippen LogP contribution is -2.51. The number of hydrogen-bond donors (Lipinski definition) is 5. The van der Waals surface area contributed by atoms with Gasteiger partial charge in [0, 0.05) is 22.2 Å². The van der Waals surface area contributed by atoms with Crippen LogP contribution in [0.3, 0.4) is 0 Å². The minimum Gasteiger partial charge on any atom is -0.508 e. The van der Waals surface area contributed by atoms with Gasteiger partial charge in [0.05, 0.1) is 18.8 Å². The number of amides is 2. The van der Waals surface area contributed by atoms with Crippen LogP contribution in [-0.4, -0.2) is 50.6 Å². The number of carbonyl (C=O) groups is 2. The van der Waals surface area contributed by atoms with Crippen molar-refractivity contribution in [1.82, 2.24) is 20.9 Å². The predicted molar refractivity (Wildman–Crippen MR) is 131 cm³/mol. The summed E-state index contributed by atoms with van der Waals surface area (Å²) in [6, 6.07) is 12.2. The summed E-state index contributed by atoms with van der Waals surface area (Å²) in [5, 5.41) is 30.6. The molecule has 0 radical (unpaired) electrons. The van der Waals surface area contributed by atoms with Gasteiger partial charge in [0.1, 0.15) is 17.5 Å². The van der Waals surface area contributed by atoms with Gasteiger partial charge in [0.2, 0.25) is 11.8 Å². The first-order valence-electron chi connectivity index (χ1n) is 11.5. The summed E-state index contributed by atoms with van der Waals surface area (Å²) in [5.41, 5.74) is 0.133. The fourth-order valence-corrected chi connectivity index (χ4v) is 4.27. The number of phenols is 2. The summed E-state index contributed by atoms with van der Waals surface area (Å²) < 4.78 is 0. The van der Waals surface area contributed by atoms with Gasteiger partial charge < -0.3 is 20.8 Å². The van der Waals surface area contributed by atoms with Gasteiger partial charge in [-0.25, -0.2) is 0 Å². The summed E-state index contributed by atoms with van der Waals surface area (Å²) in [7, 11) is 0. The maximum Gasteiger partial charge on any atom is 0.239 e. The van der Waals surface area contributed by atoms with Gasteiger partial charge in [-0.3, -0.25) is 19.8 Å². The molecule has 0 bridgehead atoms. The van der Waals surface area contributed by atoms with E-state index >= 15 is 0 Å². The van der Waals surface area contributed by atoms with Crippen molar-refractivity contribution in [2.24, 2.45) is 0 Å². The Hall–Kier alpha value is -3.10. The molecule has 0 saturated carbocycles. The summed E-state index contributed by atoms with van der Waals surface area (Å²) in [6.45, 7) is 11.3. The molecule has 34 heavy (non-hydrogen) atoms.